The minimum absolute atomic E-state index is 0.137. The van der Waals surface area contributed by atoms with Gasteiger partial charge in [0.1, 0.15) is 12.4 Å². The maximum absolute atomic E-state index is 12.6. The van der Waals surface area contributed by atoms with Crippen LogP contribution < -0.4 is 5.32 Å². The van der Waals surface area contributed by atoms with Gasteiger partial charge in [0.15, 0.2) is 0 Å². The van der Waals surface area contributed by atoms with Crippen LogP contribution in [0.1, 0.15) is 19.3 Å². The van der Waals surface area contributed by atoms with Crippen molar-refractivity contribution in [3.63, 3.8) is 0 Å². The van der Waals surface area contributed by atoms with Gasteiger partial charge in [0.2, 0.25) is 15.9 Å². The second-order valence-corrected chi connectivity index (χ2v) is 10.2. The molecule has 9 nitrogen and oxygen atoms in total. The molecule has 0 atom stereocenters. The molecule has 3 aliphatic rings. The van der Waals surface area contributed by atoms with E-state index >= 15 is 0 Å². The smallest absolute Gasteiger partial charge is 0.347 e. The van der Waals surface area contributed by atoms with Crippen LogP contribution in [0.15, 0.2) is 36.9 Å². The van der Waals surface area contributed by atoms with Gasteiger partial charge in [-0.25, -0.2) is 17.7 Å². The Morgan fingerprint density at radius 3 is 2.64 bits per heavy atom. The van der Waals surface area contributed by atoms with E-state index in [-0.39, 0.29) is 32.4 Å². The Morgan fingerprint density at radius 1 is 1.24 bits per heavy atom. The standard InChI is InChI=1S/C20H23F3N6O3S/c1-33(31,32)28-8-4-19(5-9-28,10-17(30)26-13-20(21,22)23)29-12-14(11-27-29)15-2-6-24-18-16(15)3-7-25-18/h2-3,6-7,11-12H,4-5,8-10,13H2,1H3,(H,24,25)(H,26,30). The molecule has 0 radical (unpaired) electrons. The molecule has 0 saturated carbocycles. The fourth-order valence-corrected chi connectivity index (χ4v) is 5.06. The van der Waals surface area contributed by atoms with E-state index in [0.717, 1.165) is 22.9 Å². The molecule has 33 heavy (non-hydrogen) atoms. The number of hydrogen-bond acceptors (Lipinski definition) is 5. The first-order chi connectivity index (χ1) is 15.5. The largest absolute Gasteiger partial charge is 0.405 e. The molecule has 1 aromatic heterocycles. The maximum Gasteiger partial charge on any atom is 0.405 e. The third-order valence-electron chi connectivity index (χ3n) is 5.94. The van der Waals surface area contributed by atoms with Crippen molar-refractivity contribution in [2.45, 2.75) is 31.0 Å². The van der Waals surface area contributed by atoms with E-state index in [9.17, 15) is 26.4 Å². The van der Waals surface area contributed by atoms with E-state index in [2.05, 4.69) is 15.1 Å². The number of aromatic amines is 1. The highest BCUT2D eigenvalue weighted by Crippen LogP contribution is 2.37. The number of nitrogens with one attached hydrogen (secondary N) is 2. The molecule has 4 heterocycles. The molecule has 0 spiro atoms. The highest BCUT2D eigenvalue weighted by molar-refractivity contribution is 7.88. The number of pyridine rings is 1. The number of rotatable bonds is 6. The van der Waals surface area contributed by atoms with Crippen LogP contribution in [0, 0.1) is 0 Å². The molecule has 1 saturated heterocycles. The van der Waals surface area contributed by atoms with Gasteiger partial charge in [-0.3, -0.25) is 9.48 Å². The van der Waals surface area contributed by atoms with E-state index in [4.69, 9.17) is 0 Å². The number of amides is 1. The van der Waals surface area contributed by atoms with Crippen LogP contribution >= 0.6 is 0 Å². The number of fused-ring (bicyclic) bond motifs is 1. The second-order valence-electron chi connectivity index (χ2n) is 8.23. The average molecular weight is 485 g/mol. The molecule has 1 amide bonds. The zero-order chi connectivity index (χ0) is 23.9. The Kier molecular flexibility index (Phi) is 5.95. The van der Waals surface area contributed by atoms with Crippen molar-refractivity contribution in [3.05, 3.63) is 36.9 Å². The van der Waals surface area contributed by atoms with Crippen molar-refractivity contribution < 1.29 is 26.4 Å². The van der Waals surface area contributed by atoms with E-state index in [0.29, 0.717) is 5.82 Å². The molecule has 3 aliphatic heterocycles. The van der Waals surface area contributed by atoms with E-state index < -0.39 is 34.2 Å². The topological polar surface area (TPSA) is 113 Å². The third-order valence-corrected chi connectivity index (χ3v) is 7.24. The molecule has 13 heteroatoms. The zero-order valence-electron chi connectivity index (χ0n) is 17.8. The number of sulfonamides is 1. The lowest BCUT2D eigenvalue weighted by atomic mass is 9.84. The van der Waals surface area contributed by atoms with Gasteiger partial charge in [-0.1, -0.05) is 0 Å². The van der Waals surface area contributed by atoms with Gasteiger partial charge in [0, 0.05) is 42.8 Å². The summed E-state index contributed by atoms with van der Waals surface area (Å²) >= 11 is 0. The predicted molar refractivity (Wildman–Crippen MR) is 114 cm³/mol. The SMILES string of the molecule is CS(=O)(=O)N1CCC(CC(=O)NCC(F)(F)F)(n2cc(-c3cc[nH]c4nccc3-4)cn2)CC1. The van der Waals surface area contributed by atoms with Crippen molar-refractivity contribution in [2.24, 2.45) is 0 Å². The van der Waals surface area contributed by atoms with Crippen molar-refractivity contribution in [1.82, 2.24) is 29.4 Å². The number of hydrogen-bond donors (Lipinski definition) is 2. The Labute approximate surface area is 188 Å². The summed E-state index contributed by atoms with van der Waals surface area (Å²) in [6, 6.07) is 3.71. The fourth-order valence-electron chi connectivity index (χ4n) is 4.22. The lowest BCUT2D eigenvalue weighted by Gasteiger charge is -2.40. The summed E-state index contributed by atoms with van der Waals surface area (Å²) in [5.74, 6) is -0.0722. The maximum atomic E-state index is 12.6. The van der Waals surface area contributed by atoms with Crippen LogP contribution in [0.4, 0.5) is 13.2 Å². The molecule has 2 N–H and O–H groups in total. The lowest BCUT2D eigenvalue weighted by Crippen LogP contribution is -2.50. The summed E-state index contributed by atoms with van der Waals surface area (Å²) < 4.78 is 64.5. The molecule has 0 aliphatic carbocycles. The van der Waals surface area contributed by atoms with Crippen LogP contribution in [0.25, 0.3) is 22.5 Å². The van der Waals surface area contributed by atoms with Gasteiger partial charge >= 0.3 is 6.18 Å². The van der Waals surface area contributed by atoms with Crippen molar-refractivity contribution in [3.8, 4) is 22.5 Å². The number of piperidine rings is 1. The first kappa shape index (κ1) is 23.2. The average Bonchev–Trinajstić information content (AvgIpc) is 3.41. The van der Waals surface area contributed by atoms with E-state index in [1.54, 1.807) is 29.5 Å². The first-order valence-electron chi connectivity index (χ1n) is 10.2. The summed E-state index contributed by atoms with van der Waals surface area (Å²) in [5, 5.41) is 6.36. The molecule has 1 fully saturated rings. The van der Waals surface area contributed by atoms with Crippen LogP contribution in [0.3, 0.4) is 0 Å². The predicted octanol–water partition coefficient (Wildman–Crippen LogP) is 2.20. The van der Waals surface area contributed by atoms with Gasteiger partial charge in [0.05, 0.1) is 24.4 Å². The van der Waals surface area contributed by atoms with Crippen LogP contribution in [-0.4, -0.2) is 70.4 Å². The van der Waals surface area contributed by atoms with Crippen molar-refractivity contribution >= 4 is 15.9 Å². The fraction of sp³-hybridized carbons (Fsp3) is 0.450. The molecule has 178 valence electrons. The quantitative estimate of drug-likeness (QED) is 0.557. The molecular formula is C20H23F3N6O3S. The molecule has 0 aromatic carbocycles. The number of aromatic nitrogens is 4. The van der Waals surface area contributed by atoms with Gasteiger partial charge in [-0.15, -0.1) is 0 Å². The molecule has 0 bridgehead atoms. The van der Waals surface area contributed by atoms with Crippen molar-refractivity contribution in [1.29, 1.82) is 0 Å². The Hall–Kier alpha value is -2.93. The minimum atomic E-state index is -4.52. The highest BCUT2D eigenvalue weighted by atomic mass is 32.2. The van der Waals surface area contributed by atoms with E-state index in [1.807, 2.05) is 17.4 Å². The Morgan fingerprint density at radius 2 is 1.97 bits per heavy atom. The van der Waals surface area contributed by atoms with Crippen LogP contribution in [0.2, 0.25) is 0 Å². The Balaban J connectivity index is 1.63. The molecule has 1 aromatic rings. The monoisotopic (exact) mass is 484 g/mol. The lowest BCUT2D eigenvalue weighted by molar-refractivity contribution is -0.140. The number of carbonyl (C=O) groups is 1. The molecule has 0 unspecified atom stereocenters. The van der Waals surface area contributed by atoms with Crippen molar-refractivity contribution in [2.75, 3.05) is 25.9 Å². The van der Waals surface area contributed by atoms with Gasteiger partial charge in [-0.2, -0.15) is 18.3 Å². The van der Waals surface area contributed by atoms with Gasteiger partial charge < -0.3 is 10.3 Å². The number of halogens is 3. The zero-order valence-corrected chi connectivity index (χ0v) is 18.6. The number of nitrogens with zero attached hydrogens (tertiary/aromatic N) is 4. The first-order valence-corrected chi connectivity index (χ1v) is 12.1. The summed E-state index contributed by atoms with van der Waals surface area (Å²) in [4.78, 5) is 19.7. The molecular weight excluding hydrogens is 461 g/mol. The number of H-pyrrole nitrogens is 1. The minimum Gasteiger partial charge on any atom is -0.347 e. The van der Waals surface area contributed by atoms with E-state index in [1.165, 1.54) is 4.31 Å². The molecule has 4 rings (SSSR count). The normalized spacial score (nSPS) is 17.3. The Bertz CT molecular complexity index is 1210. The summed E-state index contributed by atoms with van der Waals surface area (Å²) in [6.45, 7) is -1.15. The number of carbonyl (C=O) groups excluding carboxylic acids is 1. The third kappa shape index (κ3) is 5.03. The van der Waals surface area contributed by atoms with Gasteiger partial charge in [0.25, 0.3) is 0 Å². The second kappa shape index (κ2) is 8.45. The highest BCUT2D eigenvalue weighted by Gasteiger charge is 2.41. The van der Waals surface area contributed by atoms with Crippen LogP contribution in [0.5, 0.6) is 0 Å². The van der Waals surface area contributed by atoms with Gasteiger partial charge in [-0.05, 0) is 30.5 Å². The summed E-state index contributed by atoms with van der Waals surface area (Å²) in [7, 11) is -3.43. The summed E-state index contributed by atoms with van der Waals surface area (Å²) in [6.07, 6.45) is 3.58. The van der Waals surface area contributed by atoms with Crippen LogP contribution in [-0.2, 0) is 20.4 Å². The summed E-state index contributed by atoms with van der Waals surface area (Å²) in [5.41, 5.74) is 1.53. The number of alkyl halides is 3.